The smallest absolute Gasteiger partial charge is 0.0695 e. The summed E-state index contributed by atoms with van der Waals surface area (Å²) in [6.07, 6.45) is 2.99. The summed E-state index contributed by atoms with van der Waals surface area (Å²) in [5.74, 6) is 0.611. The lowest BCUT2D eigenvalue weighted by Gasteiger charge is -2.40. The first-order chi connectivity index (χ1) is 8.76. The minimum Gasteiger partial charge on any atom is -0.391 e. The van der Waals surface area contributed by atoms with Crippen molar-refractivity contribution < 1.29 is 5.11 Å². The molecule has 2 nitrogen and oxygen atoms in total. The molecular formula is C16H25NO. The predicted molar refractivity (Wildman–Crippen MR) is 75.7 cm³/mol. The zero-order chi connectivity index (χ0) is 13.0. The minimum absolute atomic E-state index is 0.148. The molecule has 2 heteroatoms. The van der Waals surface area contributed by atoms with Gasteiger partial charge >= 0.3 is 0 Å². The second-order valence-electron chi connectivity index (χ2n) is 5.28. The lowest BCUT2D eigenvalue weighted by Crippen LogP contribution is -2.46. The molecule has 18 heavy (non-hydrogen) atoms. The van der Waals surface area contributed by atoms with Gasteiger partial charge in [-0.05, 0) is 43.8 Å². The highest BCUT2D eigenvalue weighted by atomic mass is 16.3. The SMILES string of the molecule is CCN(CC)C1CC(c2ccccc2)CCC1O. The van der Waals surface area contributed by atoms with Crippen LogP contribution < -0.4 is 0 Å². The second kappa shape index (κ2) is 6.35. The third kappa shape index (κ3) is 2.93. The van der Waals surface area contributed by atoms with Gasteiger partial charge in [0, 0.05) is 6.04 Å². The quantitative estimate of drug-likeness (QED) is 0.884. The Kier molecular flexibility index (Phi) is 4.79. The van der Waals surface area contributed by atoms with Gasteiger partial charge in [0.05, 0.1) is 6.10 Å². The number of rotatable bonds is 4. The van der Waals surface area contributed by atoms with E-state index in [1.807, 2.05) is 0 Å². The molecule has 0 radical (unpaired) electrons. The van der Waals surface area contributed by atoms with Gasteiger partial charge in [-0.15, -0.1) is 0 Å². The highest BCUT2D eigenvalue weighted by Gasteiger charge is 2.32. The molecule has 2 rings (SSSR count). The summed E-state index contributed by atoms with van der Waals surface area (Å²) in [5, 5.41) is 10.2. The van der Waals surface area contributed by atoms with Gasteiger partial charge in [0.1, 0.15) is 0 Å². The summed E-state index contributed by atoms with van der Waals surface area (Å²) < 4.78 is 0. The number of hydrogen-bond acceptors (Lipinski definition) is 2. The van der Waals surface area contributed by atoms with Gasteiger partial charge in [-0.3, -0.25) is 4.90 Å². The normalized spacial score (nSPS) is 28.6. The van der Waals surface area contributed by atoms with Gasteiger partial charge < -0.3 is 5.11 Å². The fraction of sp³-hybridized carbons (Fsp3) is 0.625. The molecule has 1 saturated carbocycles. The Hall–Kier alpha value is -0.860. The Labute approximate surface area is 111 Å². The van der Waals surface area contributed by atoms with E-state index in [2.05, 4.69) is 49.1 Å². The molecule has 1 fully saturated rings. The van der Waals surface area contributed by atoms with E-state index >= 15 is 0 Å². The lowest BCUT2D eigenvalue weighted by atomic mass is 9.79. The van der Waals surface area contributed by atoms with E-state index in [1.54, 1.807) is 0 Å². The van der Waals surface area contributed by atoms with Crippen molar-refractivity contribution in [2.75, 3.05) is 13.1 Å². The Morgan fingerprint density at radius 1 is 1.11 bits per heavy atom. The molecule has 0 bridgehead atoms. The van der Waals surface area contributed by atoms with Crippen LogP contribution in [0.5, 0.6) is 0 Å². The lowest BCUT2D eigenvalue weighted by molar-refractivity contribution is 0.0182. The van der Waals surface area contributed by atoms with Crippen molar-refractivity contribution in [3.05, 3.63) is 35.9 Å². The Balaban J connectivity index is 2.09. The summed E-state index contributed by atoms with van der Waals surface area (Å²) in [6, 6.07) is 11.1. The third-order valence-corrected chi connectivity index (χ3v) is 4.33. The largest absolute Gasteiger partial charge is 0.391 e. The van der Waals surface area contributed by atoms with Crippen molar-refractivity contribution >= 4 is 0 Å². The first-order valence-electron chi connectivity index (χ1n) is 7.23. The fourth-order valence-electron chi connectivity index (χ4n) is 3.24. The van der Waals surface area contributed by atoms with Crippen molar-refractivity contribution in [1.29, 1.82) is 0 Å². The number of likely N-dealkylation sites (N-methyl/N-ethyl adjacent to an activating group) is 1. The van der Waals surface area contributed by atoms with E-state index in [-0.39, 0.29) is 6.10 Å². The molecule has 100 valence electrons. The first kappa shape index (κ1) is 13.6. The molecule has 0 amide bonds. The van der Waals surface area contributed by atoms with E-state index in [1.165, 1.54) is 5.56 Å². The van der Waals surface area contributed by atoms with Crippen molar-refractivity contribution in [1.82, 2.24) is 4.90 Å². The highest BCUT2D eigenvalue weighted by molar-refractivity contribution is 5.20. The molecule has 1 aliphatic carbocycles. The van der Waals surface area contributed by atoms with Crippen molar-refractivity contribution in [3.8, 4) is 0 Å². The number of benzene rings is 1. The molecule has 3 atom stereocenters. The van der Waals surface area contributed by atoms with E-state index in [0.717, 1.165) is 32.4 Å². The van der Waals surface area contributed by atoms with Crippen LogP contribution in [0.3, 0.4) is 0 Å². The number of aliphatic hydroxyl groups excluding tert-OH is 1. The number of nitrogens with zero attached hydrogens (tertiary/aromatic N) is 1. The van der Waals surface area contributed by atoms with Crippen LogP contribution in [0.25, 0.3) is 0 Å². The van der Waals surface area contributed by atoms with E-state index in [0.29, 0.717) is 12.0 Å². The molecule has 1 aromatic carbocycles. The van der Waals surface area contributed by atoms with Crippen molar-refractivity contribution in [3.63, 3.8) is 0 Å². The number of aliphatic hydroxyl groups is 1. The molecule has 1 aliphatic rings. The summed E-state index contributed by atoms with van der Waals surface area (Å²) >= 11 is 0. The molecule has 0 aromatic heterocycles. The zero-order valence-corrected chi connectivity index (χ0v) is 11.5. The van der Waals surface area contributed by atoms with E-state index in [9.17, 15) is 5.11 Å². The van der Waals surface area contributed by atoms with Gasteiger partial charge in [0.25, 0.3) is 0 Å². The maximum atomic E-state index is 10.2. The monoisotopic (exact) mass is 247 g/mol. The van der Waals surface area contributed by atoms with Crippen molar-refractivity contribution in [2.24, 2.45) is 0 Å². The van der Waals surface area contributed by atoms with E-state index < -0.39 is 0 Å². The van der Waals surface area contributed by atoms with Crippen LogP contribution in [0.2, 0.25) is 0 Å². The van der Waals surface area contributed by atoms with Crippen LogP contribution in [-0.4, -0.2) is 35.2 Å². The van der Waals surface area contributed by atoms with Crippen LogP contribution in [0.4, 0.5) is 0 Å². The van der Waals surface area contributed by atoms with E-state index in [4.69, 9.17) is 0 Å². The third-order valence-electron chi connectivity index (χ3n) is 4.33. The molecule has 0 saturated heterocycles. The topological polar surface area (TPSA) is 23.5 Å². The average molecular weight is 247 g/mol. The molecule has 0 spiro atoms. The molecule has 1 aromatic rings. The molecule has 0 heterocycles. The maximum absolute atomic E-state index is 10.2. The molecule has 1 N–H and O–H groups in total. The molecule has 0 aliphatic heterocycles. The first-order valence-corrected chi connectivity index (χ1v) is 7.23. The zero-order valence-electron chi connectivity index (χ0n) is 11.5. The maximum Gasteiger partial charge on any atom is 0.0695 e. The van der Waals surface area contributed by atoms with Gasteiger partial charge in [0.2, 0.25) is 0 Å². The van der Waals surface area contributed by atoms with Crippen LogP contribution in [-0.2, 0) is 0 Å². The fourth-order valence-corrected chi connectivity index (χ4v) is 3.24. The summed E-state index contributed by atoms with van der Waals surface area (Å²) in [5.41, 5.74) is 1.43. The number of hydrogen-bond donors (Lipinski definition) is 1. The Bertz CT molecular complexity index is 347. The van der Waals surface area contributed by atoms with Gasteiger partial charge in [-0.1, -0.05) is 44.2 Å². The molecule has 3 unspecified atom stereocenters. The standard InChI is InChI=1S/C16H25NO/c1-3-17(4-2)15-12-14(10-11-16(15)18)13-8-6-5-7-9-13/h5-9,14-16,18H,3-4,10-12H2,1-2H3. The second-order valence-corrected chi connectivity index (χ2v) is 5.28. The van der Waals surface area contributed by atoms with Crippen LogP contribution in [0.1, 0.15) is 44.6 Å². The summed E-state index contributed by atoms with van der Waals surface area (Å²) in [7, 11) is 0. The highest BCUT2D eigenvalue weighted by Crippen LogP contribution is 2.35. The summed E-state index contributed by atoms with van der Waals surface area (Å²) in [6.45, 7) is 6.42. The van der Waals surface area contributed by atoms with Crippen LogP contribution in [0, 0.1) is 0 Å². The minimum atomic E-state index is -0.148. The summed E-state index contributed by atoms with van der Waals surface area (Å²) in [4.78, 5) is 2.40. The van der Waals surface area contributed by atoms with Gasteiger partial charge in [0.15, 0.2) is 0 Å². The Morgan fingerprint density at radius 3 is 2.39 bits per heavy atom. The van der Waals surface area contributed by atoms with Crippen LogP contribution >= 0.6 is 0 Å². The Morgan fingerprint density at radius 2 is 1.78 bits per heavy atom. The van der Waals surface area contributed by atoms with Crippen molar-refractivity contribution in [2.45, 2.75) is 51.2 Å². The average Bonchev–Trinajstić information content (AvgIpc) is 2.43. The molecular weight excluding hydrogens is 222 g/mol. The van der Waals surface area contributed by atoms with Crippen LogP contribution in [0.15, 0.2) is 30.3 Å². The predicted octanol–water partition coefficient (Wildman–Crippen LogP) is 3.03. The van der Waals surface area contributed by atoms with Gasteiger partial charge in [-0.2, -0.15) is 0 Å². The van der Waals surface area contributed by atoms with Gasteiger partial charge in [-0.25, -0.2) is 0 Å².